The lowest BCUT2D eigenvalue weighted by Gasteiger charge is -2.09. The van der Waals surface area contributed by atoms with Crippen molar-refractivity contribution >= 4 is 16.8 Å². The van der Waals surface area contributed by atoms with Crippen LogP contribution in [0.1, 0.15) is 11.1 Å². The summed E-state index contributed by atoms with van der Waals surface area (Å²) in [5.74, 6) is -0.338. The topological polar surface area (TPSA) is 69.2 Å². The summed E-state index contributed by atoms with van der Waals surface area (Å²) < 4.78 is 3.44. The van der Waals surface area contributed by atoms with Gasteiger partial charge >= 0.3 is 0 Å². The van der Waals surface area contributed by atoms with Crippen LogP contribution < -0.4 is 10.9 Å². The molecule has 0 N–H and O–H groups in total. The summed E-state index contributed by atoms with van der Waals surface area (Å²) in [6.07, 6.45) is 3.13. The van der Waals surface area contributed by atoms with Crippen LogP contribution in [0.2, 0.25) is 0 Å². The Morgan fingerprint density at radius 2 is 1.76 bits per heavy atom. The van der Waals surface area contributed by atoms with Crippen molar-refractivity contribution in [2.45, 2.75) is 20.0 Å². The number of pyridine rings is 1. The standard InChI is InChI=1S/C23H20N4O2/c1-17-9-11-18(12-10-17)15-26-13-5-4-8-22(26)25-23(29)16-27-20-7-3-2-6-19(20)21(28)14-24-27/h2-14H,15-16H2,1H3. The van der Waals surface area contributed by atoms with Crippen molar-refractivity contribution in [2.24, 2.45) is 4.99 Å². The van der Waals surface area contributed by atoms with Gasteiger partial charge < -0.3 is 4.57 Å². The van der Waals surface area contributed by atoms with Crippen molar-refractivity contribution in [2.75, 3.05) is 0 Å². The van der Waals surface area contributed by atoms with Gasteiger partial charge in [0.1, 0.15) is 12.0 Å². The highest BCUT2D eigenvalue weighted by Gasteiger charge is 2.07. The second-order valence-corrected chi connectivity index (χ2v) is 6.86. The molecule has 0 aliphatic heterocycles. The lowest BCUT2D eigenvalue weighted by molar-refractivity contribution is -0.118. The quantitative estimate of drug-likeness (QED) is 0.543. The van der Waals surface area contributed by atoms with Gasteiger partial charge in [0.15, 0.2) is 0 Å². The summed E-state index contributed by atoms with van der Waals surface area (Å²) in [6, 6.07) is 20.9. The van der Waals surface area contributed by atoms with Gasteiger partial charge in [0.25, 0.3) is 5.91 Å². The Balaban J connectivity index is 1.64. The van der Waals surface area contributed by atoms with Crippen LogP contribution in [-0.2, 0) is 17.9 Å². The maximum atomic E-state index is 12.6. The van der Waals surface area contributed by atoms with Crippen LogP contribution in [0.5, 0.6) is 0 Å². The van der Waals surface area contributed by atoms with E-state index in [-0.39, 0.29) is 17.9 Å². The SMILES string of the molecule is Cc1ccc(Cn2ccccc2=NC(=O)Cn2ncc(=O)c3ccccc32)cc1. The summed E-state index contributed by atoms with van der Waals surface area (Å²) in [5.41, 5.74) is 3.35. The second-order valence-electron chi connectivity index (χ2n) is 6.86. The number of aryl methyl sites for hydroxylation is 1. The molecule has 0 aliphatic carbocycles. The first-order valence-electron chi connectivity index (χ1n) is 9.33. The fourth-order valence-electron chi connectivity index (χ4n) is 3.17. The molecule has 0 aliphatic rings. The van der Waals surface area contributed by atoms with Crippen molar-refractivity contribution < 1.29 is 4.79 Å². The first-order valence-corrected chi connectivity index (χ1v) is 9.33. The molecule has 0 spiro atoms. The molecule has 29 heavy (non-hydrogen) atoms. The van der Waals surface area contributed by atoms with Gasteiger partial charge in [-0.2, -0.15) is 10.1 Å². The minimum absolute atomic E-state index is 0.0414. The van der Waals surface area contributed by atoms with Crippen LogP contribution in [0, 0.1) is 6.92 Å². The molecule has 6 heteroatoms. The Kier molecular flexibility index (Phi) is 5.16. The highest BCUT2D eigenvalue weighted by molar-refractivity contribution is 5.81. The van der Waals surface area contributed by atoms with E-state index in [2.05, 4.69) is 34.4 Å². The largest absolute Gasteiger partial charge is 0.328 e. The molecule has 2 aromatic carbocycles. The zero-order valence-corrected chi connectivity index (χ0v) is 16.0. The Morgan fingerprint density at radius 3 is 2.59 bits per heavy atom. The lowest BCUT2D eigenvalue weighted by atomic mass is 10.1. The molecule has 1 amide bonds. The number of aromatic nitrogens is 3. The van der Waals surface area contributed by atoms with Gasteiger partial charge in [-0.3, -0.25) is 14.3 Å². The number of hydrogen-bond donors (Lipinski definition) is 0. The van der Waals surface area contributed by atoms with Crippen LogP contribution >= 0.6 is 0 Å². The Bertz CT molecular complexity index is 1300. The number of carbonyl (C=O) groups is 1. The number of benzene rings is 2. The first kappa shape index (κ1) is 18.6. The van der Waals surface area contributed by atoms with Crippen molar-refractivity contribution in [3.8, 4) is 0 Å². The van der Waals surface area contributed by atoms with Crippen molar-refractivity contribution in [3.05, 3.63) is 106 Å². The van der Waals surface area contributed by atoms with E-state index >= 15 is 0 Å². The second kappa shape index (κ2) is 8.06. The predicted molar refractivity (Wildman–Crippen MR) is 111 cm³/mol. The molecule has 0 fully saturated rings. The normalized spacial score (nSPS) is 11.7. The number of nitrogens with zero attached hydrogens (tertiary/aromatic N) is 4. The summed E-state index contributed by atoms with van der Waals surface area (Å²) in [4.78, 5) is 28.9. The smallest absolute Gasteiger partial charge is 0.269 e. The van der Waals surface area contributed by atoms with Gasteiger partial charge in [0.2, 0.25) is 5.43 Å². The molecule has 4 aromatic rings. The van der Waals surface area contributed by atoms with E-state index in [0.717, 1.165) is 5.56 Å². The van der Waals surface area contributed by atoms with E-state index in [0.29, 0.717) is 22.9 Å². The molecular weight excluding hydrogens is 364 g/mol. The van der Waals surface area contributed by atoms with E-state index < -0.39 is 0 Å². The lowest BCUT2D eigenvalue weighted by Crippen LogP contribution is -2.24. The highest BCUT2D eigenvalue weighted by Crippen LogP contribution is 2.08. The molecule has 0 radical (unpaired) electrons. The van der Waals surface area contributed by atoms with Gasteiger partial charge in [-0.25, -0.2) is 0 Å². The fraction of sp³-hybridized carbons (Fsp3) is 0.130. The van der Waals surface area contributed by atoms with E-state index in [1.807, 2.05) is 42.0 Å². The molecule has 0 saturated carbocycles. The Hall–Kier alpha value is -3.80. The van der Waals surface area contributed by atoms with Crippen LogP contribution in [-0.4, -0.2) is 20.3 Å². The Labute approximate surface area is 167 Å². The van der Waals surface area contributed by atoms with Gasteiger partial charge in [0, 0.05) is 18.1 Å². The van der Waals surface area contributed by atoms with Gasteiger partial charge in [0.05, 0.1) is 11.7 Å². The van der Waals surface area contributed by atoms with E-state index in [9.17, 15) is 9.59 Å². The minimum Gasteiger partial charge on any atom is -0.328 e. The maximum absolute atomic E-state index is 12.6. The maximum Gasteiger partial charge on any atom is 0.269 e. The number of fused-ring (bicyclic) bond motifs is 1. The molecule has 0 unspecified atom stereocenters. The van der Waals surface area contributed by atoms with Gasteiger partial charge in [-0.15, -0.1) is 0 Å². The number of carbonyl (C=O) groups excluding carboxylic acids is 1. The number of amides is 1. The molecule has 2 aromatic heterocycles. The third kappa shape index (κ3) is 4.21. The predicted octanol–water partition coefficient (Wildman–Crippen LogP) is 2.68. The van der Waals surface area contributed by atoms with Crippen LogP contribution in [0.3, 0.4) is 0 Å². The van der Waals surface area contributed by atoms with Gasteiger partial charge in [-0.05, 0) is 36.8 Å². The Morgan fingerprint density at radius 1 is 1.00 bits per heavy atom. The molecule has 6 nitrogen and oxygen atoms in total. The van der Waals surface area contributed by atoms with Crippen LogP contribution in [0.15, 0.2) is 88.9 Å². The summed E-state index contributed by atoms with van der Waals surface area (Å²) in [6.45, 7) is 2.63. The van der Waals surface area contributed by atoms with E-state index in [1.165, 1.54) is 16.4 Å². The summed E-state index contributed by atoms with van der Waals surface area (Å²) >= 11 is 0. The van der Waals surface area contributed by atoms with Crippen molar-refractivity contribution in [1.29, 1.82) is 0 Å². The van der Waals surface area contributed by atoms with Gasteiger partial charge in [-0.1, -0.05) is 48.0 Å². The zero-order chi connectivity index (χ0) is 20.2. The number of hydrogen-bond acceptors (Lipinski definition) is 3. The third-order valence-corrected chi connectivity index (χ3v) is 4.68. The monoisotopic (exact) mass is 384 g/mol. The zero-order valence-electron chi connectivity index (χ0n) is 16.0. The van der Waals surface area contributed by atoms with Crippen molar-refractivity contribution in [3.63, 3.8) is 0 Å². The van der Waals surface area contributed by atoms with Crippen LogP contribution in [0.4, 0.5) is 0 Å². The summed E-state index contributed by atoms with van der Waals surface area (Å²) in [5, 5.41) is 4.63. The molecular formula is C23H20N4O2. The van der Waals surface area contributed by atoms with Crippen LogP contribution in [0.25, 0.3) is 10.9 Å². The molecule has 0 bridgehead atoms. The molecule has 0 saturated heterocycles. The van der Waals surface area contributed by atoms with E-state index in [4.69, 9.17) is 0 Å². The number of para-hydroxylation sites is 1. The number of rotatable bonds is 4. The average Bonchev–Trinajstić information content (AvgIpc) is 2.73. The van der Waals surface area contributed by atoms with Crippen molar-refractivity contribution in [1.82, 2.24) is 14.3 Å². The average molecular weight is 384 g/mol. The first-order chi connectivity index (χ1) is 14.1. The molecule has 4 rings (SSSR count). The fourth-order valence-corrected chi connectivity index (χ4v) is 3.17. The van der Waals surface area contributed by atoms with E-state index in [1.54, 1.807) is 18.2 Å². The minimum atomic E-state index is -0.338. The molecule has 144 valence electrons. The summed E-state index contributed by atoms with van der Waals surface area (Å²) in [7, 11) is 0. The highest BCUT2D eigenvalue weighted by atomic mass is 16.1. The molecule has 0 atom stereocenters. The molecule has 2 heterocycles. The third-order valence-electron chi connectivity index (χ3n) is 4.68.